The van der Waals surface area contributed by atoms with Gasteiger partial charge < -0.3 is 14.5 Å². The van der Waals surface area contributed by atoms with Crippen molar-refractivity contribution in [1.29, 1.82) is 0 Å². The van der Waals surface area contributed by atoms with Gasteiger partial charge in [-0.05, 0) is 45.1 Å². The molecule has 0 aliphatic carbocycles. The summed E-state index contributed by atoms with van der Waals surface area (Å²) < 4.78 is 32.9. The van der Waals surface area contributed by atoms with Gasteiger partial charge in [0, 0.05) is 50.3 Å². The van der Waals surface area contributed by atoms with E-state index in [0.29, 0.717) is 23.6 Å². The number of benzene rings is 1. The van der Waals surface area contributed by atoms with Crippen LogP contribution in [0.1, 0.15) is 12.8 Å². The number of likely N-dealkylation sites (tertiary alicyclic amines) is 1. The maximum absolute atomic E-state index is 12.8. The minimum atomic E-state index is -3.89. The lowest BCUT2D eigenvalue weighted by Crippen LogP contribution is -2.54. The summed E-state index contributed by atoms with van der Waals surface area (Å²) in [6.45, 7) is 5.51. The Morgan fingerprint density at radius 3 is 2.27 bits per heavy atom. The quantitative estimate of drug-likeness (QED) is 0.437. The molecule has 8 nitrogen and oxygen atoms in total. The van der Waals surface area contributed by atoms with Crippen LogP contribution in [-0.2, 0) is 19.6 Å². The highest BCUT2D eigenvalue weighted by atomic mass is 79.9. The second kappa shape index (κ2) is 12.0. The second-order valence-corrected chi connectivity index (χ2v) is 12.2. The zero-order valence-electron chi connectivity index (χ0n) is 19.0. The zero-order valence-corrected chi connectivity index (χ0v) is 22.9. The molecule has 2 aliphatic rings. The molecule has 0 N–H and O–H groups in total. The van der Waals surface area contributed by atoms with Crippen molar-refractivity contribution in [2.75, 3.05) is 73.1 Å². The molecule has 0 bridgehead atoms. The Labute approximate surface area is 214 Å². The van der Waals surface area contributed by atoms with Gasteiger partial charge in [-0.1, -0.05) is 39.1 Å². The van der Waals surface area contributed by atoms with Gasteiger partial charge in [-0.2, -0.15) is 4.31 Å². The highest BCUT2D eigenvalue weighted by Crippen LogP contribution is 2.34. The minimum absolute atomic E-state index is 0.0386. The van der Waals surface area contributed by atoms with Crippen LogP contribution < -0.4 is 0 Å². The molecular formula is C21H31BrCl2N4O4S. The molecule has 33 heavy (non-hydrogen) atoms. The van der Waals surface area contributed by atoms with Crippen LogP contribution in [0.25, 0.3) is 0 Å². The van der Waals surface area contributed by atoms with E-state index in [0.717, 1.165) is 30.5 Å². The molecule has 3 rings (SSSR count). The molecule has 186 valence electrons. The smallest absolute Gasteiger partial charge is 0.248 e. The molecule has 2 aliphatic heterocycles. The maximum Gasteiger partial charge on any atom is 0.248 e. The SMILES string of the molecule is CN1CCC(N2CCN(C(=O)COCCN(C)S(=O)(=O)c3c(Cl)cc(Br)cc3Cl)CC2)CC1. The number of halogens is 3. The topological polar surface area (TPSA) is 73.4 Å². The average molecular weight is 586 g/mol. The Morgan fingerprint density at radius 2 is 1.70 bits per heavy atom. The van der Waals surface area contributed by atoms with Crippen molar-refractivity contribution < 1.29 is 17.9 Å². The van der Waals surface area contributed by atoms with Crippen molar-refractivity contribution in [3.05, 3.63) is 26.7 Å². The Morgan fingerprint density at radius 1 is 1.12 bits per heavy atom. The molecule has 0 aromatic heterocycles. The van der Waals surface area contributed by atoms with E-state index < -0.39 is 10.0 Å². The molecule has 2 heterocycles. The monoisotopic (exact) mass is 584 g/mol. The van der Waals surface area contributed by atoms with Crippen molar-refractivity contribution in [3.8, 4) is 0 Å². The van der Waals surface area contributed by atoms with Gasteiger partial charge in [0.2, 0.25) is 15.9 Å². The maximum atomic E-state index is 12.8. The molecule has 0 radical (unpaired) electrons. The number of ether oxygens (including phenoxy) is 1. The van der Waals surface area contributed by atoms with Gasteiger partial charge in [0.25, 0.3) is 0 Å². The van der Waals surface area contributed by atoms with Gasteiger partial charge in [-0.25, -0.2) is 8.42 Å². The van der Waals surface area contributed by atoms with Crippen LogP contribution in [0, 0.1) is 0 Å². The number of amides is 1. The van der Waals surface area contributed by atoms with Gasteiger partial charge in [-0.3, -0.25) is 9.69 Å². The summed E-state index contributed by atoms with van der Waals surface area (Å²) in [5.41, 5.74) is 0. The Kier molecular flexibility index (Phi) is 9.86. The lowest BCUT2D eigenvalue weighted by Gasteiger charge is -2.42. The molecular weight excluding hydrogens is 555 g/mol. The fourth-order valence-electron chi connectivity index (χ4n) is 4.19. The number of piperidine rings is 1. The zero-order chi connectivity index (χ0) is 24.2. The van der Waals surface area contributed by atoms with E-state index in [9.17, 15) is 13.2 Å². The number of likely N-dealkylation sites (N-methyl/N-ethyl adjacent to an activating group) is 1. The first kappa shape index (κ1) is 27.1. The molecule has 0 saturated carbocycles. The van der Waals surface area contributed by atoms with Gasteiger partial charge in [0.15, 0.2) is 0 Å². The fourth-order valence-corrected chi connectivity index (χ4v) is 7.22. The van der Waals surface area contributed by atoms with Gasteiger partial charge in [0.1, 0.15) is 11.5 Å². The average Bonchev–Trinajstić information content (AvgIpc) is 2.76. The van der Waals surface area contributed by atoms with E-state index in [1.807, 2.05) is 4.90 Å². The third-order valence-corrected chi connectivity index (χ3v) is 9.52. The van der Waals surface area contributed by atoms with Crippen molar-refractivity contribution in [3.63, 3.8) is 0 Å². The number of carbonyl (C=O) groups excluding carboxylic acids is 1. The van der Waals surface area contributed by atoms with E-state index in [2.05, 4.69) is 32.8 Å². The summed E-state index contributed by atoms with van der Waals surface area (Å²) in [5, 5.41) is 0.0772. The van der Waals surface area contributed by atoms with Crippen molar-refractivity contribution >= 4 is 55.1 Å². The summed E-state index contributed by atoms with van der Waals surface area (Å²) >= 11 is 15.5. The first-order chi connectivity index (χ1) is 15.6. The standard InChI is InChI=1S/C21H31BrCl2N4O4S/c1-25-5-3-17(4-6-25)27-7-9-28(10-8-27)20(29)15-32-12-11-26(2)33(30,31)21-18(23)13-16(22)14-19(21)24/h13-14,17H,3-12,15H2,1-2H3. The highest BCUT2D eigenvalue weighted by Gasteiger charge is 2.29. The first-order valence-electron chi connectivity index (χ1n) is 11.0. The lowest BCUT2D eigenvalue weighted by atomic mass is 10.0. The number of hydrogen-bond donors (Lipinski definition) is 0. The summed E-state index contributed by atoms with van der Waals surface area (Å²) in [5.74, 6) is -0.0671. The van der Waals surface area contributed by atoms with E-state index in [4.69, 9.17) is 27.9 Å². The summed E-state index contributed by atoms with van der Waals surface area (Å²) in [7, 11) is -0.308. The molecule has 12 heteroatoms. The number of carbonyl (C=O) groups is 1. The third kappa shape index (κ3) is 7.04. The predicted octanol–water partition coefficient (Wildman–Crippen LogP) is 2.63. The predicted molar refractivity (Wildman–Crippen MR) is 133 cm³/mol. The number of piperazine rings is 1. The van der Waals surface area contributed by atoms with Crippen LogP contribution in [0.4, 0.5) is 0 Å². The Hall–Kier alpha value is -0.460. The molecule has 1 amide bonds. The molecule has 1 aromatic carbocycles. The number of hydrogen-bond acceptors (Lipinski definition) is 6. The number of nitrogens with zero attached hydrogens (tertiary/aromatic N) is 4. The number of rotatable bonds is 8. The van der Waals surface area contributed by atoms with Crippen LogP contribution in [0.2, 0.25) is 10.0 Å². The summed E-state index contributed by atoms with van der Waals surface area (Å²) in [4.78, 5) is 19.1. The second-order valence-electron chi connectivity index (χ2n) is 8.53. The third-order valence-electron chi connectivity index (χ3n) is 6.28. The van der Waals surface area contributed by atoms with E-state index in [1.165, 1.54) is 32.0 Å². The molecule has 0 atom stereocenters. The summed E-state index contributed by atoms with van der Waals surface area (Å²) in [6.07, 6.45) is 2.36. The summed E-state index contributed by atoms with van der Waals surface area (Å²) in [6, 6.07) is 3.57. The number of sulfonamides is 1. The first-order valence-corrected chi connectivity index (χ1v) is 14.0. The molecule has 0 spiro atoms. The molecule has 0 unspecified atom stereocenters. The molecule has 2 saturated heterocycles. The highest BCUT2D eigenvalue weighted by molar-refractivity contribution is 9.10. The largest absolute Gasteiger partial charge is 0.370 e. The van der Waals surface area contributed by atoms with Crippen LogP contribution in [0.15, 0.2) is 21.5 Å². The van der Waals surface area contributed by atoms with E-state index in [-0.39, 0.29) is 40.6 Å². The van der Waals surface area contributed by atoms with Gasteiger partial charge in [-0.15, -0.1) is 0 Å². The Balaban J connectivity index is 1.40. The van der Waals surface area contributed by atoms with Gasteiger partial charge >= 0.3 is 0 Å². The fraction of sp³-hybridized carbons (Fsp3) is 0.667. The van der Waals surface area contributed by atoms with E-state index >= 15 is 0 Å². The lowest BCUT2D eigenvalue weighted by molar-refractivity contribution is -0.138. The minimum Gasteiger partial charge on any atom is -0.370 e. The van der Waals surface area contributed by atoms with Crippen molar-refractivity contribution in [2.45, 2.75) is 23.8 Å². The van der Waals surface area contributed by atoms with Crippen molar-refractivity contribution in [2.24, 2.45) is 0 Å². The van der Waals surface area contributed by atoms with Crippen molar-refractivity contribution in [1.82, 2.24) is 19.0 Å². The van der Waals surface area contributed by atoms with E-state index in [1.54, 1.807) is 0 Å². The molecule has 2 fully saturated rings. The van der Waals surface area contributed by atoms with Crippen LogP contribution in [0.5, 0.6) is 0 Å². The molecule has 1 aromatic rings. The normalized spacial score (nSPS) is 19.4. The van der Waals surface area contributed by atoms with Crippen LogP contribution >= 0.6 is 39.1 Å². The Bertz CT molecular complexity index is 913. The van der Waals surface area contributed by atoms with Gasteiger partial charge in [0.05, 0.1) is 16.7 Å². The van der Waals surface area contributed by atoms with Crippen LogP contribution in [-0.4, -0.2) is 112 Å². The van der Waals surface area contributed by atoms with Crippen LogP contribution in [0.3, 0.4) is 0 Å².